The lowest BCUT2D eigenvalue weighted by Gasteiger charge is -2.32. The molecule has 0 aliphatic carbocycles. The molecule has 2 N–H and O–H groups in total. The minimum Gasteiger partial charge on any atom is -0.488 e. The normalized spacial score (nSPS) is 18.7. The van der Waals surface area contributed by atoms with Crippen molar-refractivity contribution < 1.29 is 18.3 Å². The van der Waals surface area contributed by atoms with Gasteiger partial charge in [-0.3, -0.25) is 9.48 Å². The van der Waals surface area contributed by atoms with E-state index in [-0.39, 0.29) is 25.2 Å². The Morgan fingerprint density at radius 3 is 3.03 bits per heavy atom. The van der Waals surface area contributed by atoms with Gasteiger partial charge < -0.3 is 15.4 Å². The van der Waals surface area contributed by atoms with E-state index in [1.807, 2.05) is 6.92 Å². The van der Waals surface area contributed by atoms with Crippen molar-refractivity contribution in [2.24, 2.45) is 7.05 Å². The van der Waals surface area contributed by atoms with E-state index in [2.05, 4.69) is 20.7 Å². The first-order valence-electron chi connectivity index (χ1n) is 9.23. The van der Waals surface area contributed by atoms with Crippen LogP contribution in [0.5, 0.6) is 5.75 Å². The second kappa shape index (κ2) is 7.68. The maximum absolute atomic E-state index is 14.1. The number of benzene rings is 1. The Morgan fingerprint density at radius 1 is 1.48 bits per heavy atom. The van der Waals surface area contributed by atoms with Crippen molar-refractivity contribution in [1.29, 1.82) is 0 Å². The molecule has 1 aliphatic heterocycles. The Morgan fingerprint density at radius 2 is 2.31 bits per heavy atom. The number of hydrogen-bond acceptors (Lipinski definition) is 6. The smallest absolute Gasteiger partial charge is 0.270 e. The van der Waals surface area contributed by atoms with Crippen LogP contribution in [-0.4, -0.2) is 45.7 Å². The van der Waals surface area contributed by atoms with Crippen molar-refractivity contribution in [2.75, 3.05) is 13.1 Å². The van der Waals surface area contributed by atoms with Crippen LogP contribution < -0.4 is 15.4 Å². The summed E-state index contributed by atoms with van der Waals surface area (Å²) in [6.07, 6.45) is -0.306. The monoisotopic (exact) mass is 421 g/mol. The SMILES string of the molecule is Cc1ncsc1COc1ccc2nn(C)c(C(=O)NC3CNCCC3(F)F)c2c1. The van der Waals surface area contributed by atoms with Crippen LogP contribution in [0.25, 0.3) is 10.9 Å². The van der Waals surface area contributed by atoms with Gasteiger partial charge in [0, 0.05) is 31.9 Å². The van der Waals surface area contributed by atoms with Crippen LogP contribution in [0.3, 0.4) is 0 Å². The van der Waals surface area contributed by atoms with E-state index in [1.165, 1.54) is 16.0 Å². The number of aromatic nitrogens is 3. The van der Waals surface area contributed by atoms with E-state index in [9.17, 15) is 13.6 Å². The predicted octanol–water partition coefficient (Wildman–Crippen LogP) is 2.64. The summed E-state index contributed by atoms with van der Waals surface area (Å²) in [5.41, 5.74) is 3.49. The highest BCUT2D eigenvalue weighted by molar-refractivity contribution is 7.09. The van der Waals surface area contributed by atoms with Crippen LogP contribution in [0.1, 0.15) is 27.5 Å². The Hall–Kier alpha value is -2.59. The summed E-state index contributed by atoms with van der Waals surface area (Å²) < 4.78 is 35.5. The number of rotatable bonds is 5. The van der Waals surface area contributed by atoms with Gasteiger partial charge in [0.1, 0.15) is 24.1 Å². The lowest BCUT2D eigenvalue weighted by molar-refractivity contribution is -0.0543. The van der Waals surface area contributed by atoms with Crippen LogP contribution in [0.2, 0.25) is 0 Å². The molecule has 1 saturated heterocycles. The molecule has 10 heteroatoms. The van der Waals surface area contributed by atoms with Crippen molar-refractivity contribution in [1.82, 2.24) is 25.4 Å². The fraction of sp³-hybridized carbons (Fsp3) is 0.421. The van der Waals surface area contributed by atoms with Gasteiger partial charge in [-0.05, 0) is 25.1 Å². The van der Waals surface area contributed by atoms with Crippen molar-refractivity contribution in [3.05, 3.63) is 40.0 Å². The van der Waals surface area contributed by atoms with E-state index in [0.717, 1.165) is 10.6 Å². The number of halogens is 2. The molecular weight excluding hydrogens is 400 g/mol. The van der Waals surface area contributed by atoms with Crippen molar-refractivity contribution in [3.8, 4) is 5.75 Å². The van der Waals surface area contributed by atoms with E-state index < -0.39 is 17.9 Å². The molecule has 2 aromatic heterocycles. The molecule has 0 bridgehead atoms. The van der Waals surface area contributed by atoms with Gasteiger partial charge in [0.25, 0.3) is 11.8 Å². The van der Waals surface area contributed by atoms with Gasteiger partial charge in [0.05, 0.1) is 21.6 Å². The van der Waals surface area contributed by atoms with Crippen molar-refractivity contribution >= 4 is 28.1 Å². The number of nitrogens with one attached hydrogen (secondary N) is 2. The number of alkyl halides is 2. The second-order valence-corrected chi connectivity index (χ2v) is 7.98. The summed E-state index contributed by atoms with van der Waals surface area (Å²) in [6.45, 7) is 2.53. The number of carbonyl (C=O) groups is 1. The third-order valence-corrected chi connectivity index (χ3v) is 5.94. The Labute approximate surface area is 170 Å². The highest BCUT2D eigenvalue weighted by Crippen LogP contribution is 2.28. The molecule has 1 atom stereocenters. The highest BCUT2D eigenvalue weighted by Gasteiger charge is 2.42. The van der Waals surface area contributed by atoms with E-state index in [4.69, 9.17) is 4.74 Å². The molecule has 29 heavy (non-hydrogen) atoms. The molecule has 1 fully saturated rings. The number of ether oxygens (including phenoxy) is 1. The first-order valence-corrected chi connectivity index (χ1v) is 10.1. The molecular formula is C19H21F2N5O2S. The summed E-state index contributed by atoms with van der Waals surface area (Å²) >= 11 is 1.51. The van der Waals surface area contributed by atoms with Gasteiger partial charge in [0.2, 0.25) is 0 Å². The highest BCUT2D eigenvalue weighted by atomic mass is 32.1. The van der Waals surface area contributed by atoms with Gasteiger partial charge in [-0.25, -0.2) is 13.8 Å². The van der Waals surface area contributed by atoms with Gasteiger partial charge in [-0.2, -0.15) is 5.10 Å². The zero-order valence-corrected chi connectivity index (χ0v) is 16.9. The lowest BCUT2D eigenvalue weighted by Crippen LogP contribution is -2.57. The molecule has 3 aromatic rings. The van der Waals surface area contributed by atoms with Crippen LogP contribution in [0, 0.1) is 6.92 Å². The zero-order chi connectivity index (χ0) is 20.6. The molecule has 7 nitrogen and oxygen atoms in total. The van der Waals surface area contributed by atoms with Crippen LogP contribution >= 0.6 is 11.3 Å². The first-order chi connectivity index (χ1) is 13.8. The molecule has 1 aliphatic rings. The van der Waals surface area contributed by atoms with Crippen LogP contribution in [0.4, 0.5) is 8.78 Å². The fourth-order valence-electron chi connectivity index (χ4n) is 3.36. The molecule has 3 heterocycles. The molecule has 0 radical (unpaired) electrons. The fourth-order valence-corrected chi connectivity index (χ4v) is 4.05. The lowest BCUT2D eigenvalue weighted by atomic mass is 10.0. The molecule has 1 aromatic carbocycles. The topological polar surface area (TPSA) is 81.1 Å². The number of thiazole rings is 1. The number of fused-ring (bicyclic) bond motifs is 1. The first kappa shape index (κ1) is 19.7. The molecule has 1 amide bonds. The summed E-state index contributed by atoms with van der Waals surface area (Å²) in [4.78, 5) is 18.0. The van der Waals surface area contributed by atoms with Crippen molar-refractivity contribution in [2.45, 2.75) is 31.9 Å². The van der Waals surface area contributed by atoms with Gasteiger partial charge in [-0.1, -0.05) is 0 Å². The number of nitrogens with zero attached hydrogens (tertiary/aromatic N) is 3. The number of hydrogen-bond donors (Lipinski definition) is 2. The standard InChI is InChI=1S/C19H21F2N5O2S/c1-11-15(29-10-23-11)9-28-12-3-4-14-13(7-12)17(26(2)25-14)18(27)24-16-8-22-6-5-19(16,20)21/h3-4,7,10,16,22H,5-6,8-9H2,1-2H3,(H,24,27). The maximum Gasteiger partial charge on any atom is 0.270 e. The van der Waals surface area contributed by atoms with Crippen molar-refractivity contribution in [3.63, 3.8) is 0 Å². The molecule has 4 rings (SSSR count). The van der Waals surface area contributed by atoms with Crippen LogP contribution in [0.15, 0.2) is 23.7 Å². The third-order valence-electron chi connectivity index (χ3n) is 5.03. The minimum atomic E-state index is -2.95. The zero-order valence-electron chi connectivity index (χ0n) is 16.0. The Balaban J connectivity index is 1.57. The van der Waals surface area contributed by atoms with Gasteiger partial charge in [0.15, 0.2) is 0 Å². The number of carbonyl (C=O) groups excluding carboxylic acids is 1. The molecule has 0 spiro atoms. The van der Waals surface area contributed by atoms with E-state index in [1.54, 1.807) is 30.8 Å². The summed E-state index contributed by atoms with van der Waals surface area (Å²) in [6, 6.07) is 3.97. The minimum absolute atomic E-state index is 0.0249. The Bertz CT molecular complexity index is 1050. The number of aryl methyl sites for hydroxylation is 2. The third kappa shape index (κ3) is 3.95. The van der Waals surface area contributed by atoms with Gasteiger partial charge >= 0.3 is 0 Å². The quantitative estimate of drug-likeness (QED) is 0.662. The summed E-state index contributed by atoms with van der Waals surface area (Å²) in [5, 5.41) is 10.2. The van der Waals surface area contributed by atoms with Crippen LogP contribution in [-0.2, 0) is 13.7 Å². The summed E-state index contributed by atoms with van der Waals surface area (Å²) in [7, 11) is 1.62. The number of amides is 1. The molecule has 1 unspecified atom stereocenters. The molecule has 0 saturated carbocycles. The summed E-state index contributed by atoms with van der Waals surface area (Å²) in [5.74, 6) is -2.97. The average molecular weight is 421 g/mol. The second-order valence-electron chi connectivity index (χ2n) is 7.04. The molecule has 154 valence electrons. The Kier molecular flexibility index (Phi) is 5.22. The van der Waals surface area contributed by atoms with Gasteiger partial charge in [-0.15, -0.1) is 11.3 Å². The maximum atomic E-state index is 14.1. The number of piperidine rings is 1. The average Bonchev–Trinajstić information content (AvgIpc) is 3.23. The predicted molar refractivity (Wildman–Crippen MR) is 106 cm³/mol. The largest absolute Gasteiger partial charge is 0.488 e. The van der Waals surface area contributed by atoms with E-state index in [0.29, 0.717) is 23.3 Å². The van der Waals surface area contributed by atoms with E-state index >= 15 is 0 Å².